The summed E-state index contributed by atoms with van der Waals surface area (Å²) in [5.74, 6) is 0.908. The van der Waals surface area contributed by atoms with Gasteiger partial charge in [-0.15, -0.1) is 0 Å². The highest BCUT2D eigenvalue weighted by atomic mass is 16.4. The van der Waals surface area contributed by atoms with Gasteiger partial charge in [0.2, 0.25) is 5.88 Å². The second-order valence-electron chi connectivity index (χ2n) is 26.7. The van der Waals surface area contributed by atoms with E-state index < -0.39 is 0 Å². The molecule has 3 nitrogen and oxygen atoms in total. The number of hydrogen-bond donors (Lipinski definition) is 0. The molecular weight excluding hydrogens is 872 g/mol. The standard InChI is InChI=1S/C68H73BN2O/c1-63(2,3)45-26-30-56(49(36-45)43-23-19-16-20-24-43)70-58-38-46(64(4,5)6)37-50-48-28-25-44(42-21-17-15-18-22-42)35-57(48)71(47-27-29-52-53(39-47)66(9,10)32-31-65(52,7)8)69(60(50)58)61-51-40-54-55(41-59(51)72-62(61)70)68(13,14)34-33-67(54,11)12/h15-30,35-41H,31-34H2,1-14H3. The zero-order valence-corrected chi connectivity index (χ0v) is 45.5. The average Bonchev–Trinajstić information content (AvgIpc) is 3.72. The van der Waals surface area contributed by atoms with E-state index in [-0.39, 0.29) is 39.3 Å². The molecule has 0 saturated carbocycles. The number of rotatable bonds is 4. The van der Waals surface area contributed by atoms with Crippen molar-refractivity contribution in [2.75, 3.05) is 9.71 Å². The highest BCUT2D eigenvalue weighted by molar-refractivity contribution is 6.95. The summed E-state index contributed by atoms with van der Waals surface area (Å²) in [7, 11) is 0. The number of furan rings is 1. The van der Waals surface area contributed by atoms with Crippen LogP contribution in [0, 0.1) is 0 Å². The predicted molar refractivity (Wildman–Crippen MR) is 309 cm³/mol. The van der Waals surface area contributed by atoms with E-state index in [0.717, 1.165) is 36.4 Å². The van der Waals surface area contributed by atoms with Crippen LogP contribution < -0.4 is 20.6 Å². The molecule has 72 heavy (non-hydrogen) atoms. The molecule has 2 aliphatic heterocycles. The van der Waals surface area contributed by atoms with E-state index in [2.05, 4.69) is 246 Å². The van der Waals surface area contributed by atoms with Crippen LogP contribution in [-0.4, -0.2) is 6.85 Å². The third kappa shape index (κ3) is 7.20. The topological polar surface area (TPSA) is 19.6 Å². The highest BCUT2D eigenvalue weighted by Gasteiger charge is 2.50. The van der Waals surface area contributed by atoms with Crippen LogP contribution in [0.1, 0.15) is 156 Å². The molecule has 0 amide bonds. The molecule has 364 valence electrons. The Morgan fingerprint density at radius 2 is 1.00 bits per heavy atom. The number of nitrogens with zero attached hydrogens (tertiary/aromatic N) is 2. The molecule has 4 aliphatic rings. The molecule has 1 aromatic heterocycles. The van der Waals surface area contributed by atoms with Crippen LogP contribution in [0.15, 0.2) is 144 Å². The van der Waals surface area contributed by atoms with Crippen LogP contribution in [0.2, 0.25) is 0 Å². The van der Waals surface area contributed by atoms with Crippen LogP contribution in [0.5, 0.6) is 0 Å². The van der Waals surface area contributed by atoms with Crippen molar-refractivity contribution in [3.05, 3.63) is 173 Å². The van der Waals surface area contributed by atoms with E-state index in [9.17, 15) is 0 Å². The van der Waals surface area contributed by atoms with Crippen LogP contribution in [0.3, 0.4) is 0 Å². The largest absolute Gasteiger partial charge is 0.440 e. The van der Waals surface area contributed by atoms with Gasteiger partial charge in [-0.3, -0.25) is 4.90 Å². The van der Waals surface area contributed by atoms with Gasteiger partial charge >= 0.3 is 6.85 Å². The smallest absolute Gasteiger partial charge is 0.337 e. The van der Waals surface area contributed by atoms with Crippen LogP contribution in [-0.2, 0) is 32.5 Å². The molecule has 0 unspecified atom stereocenters. The molecular formula is C68H73BN2O. The molecule has 4 heteroatoms. The molecule has 0 N–H and O–H groups in total. The summed E-state index contributed by atoms with van der Waals surface area (Å²) < 4.78 is 7.77. The van der Waals surface area contributed by atoms with E-state index in [0.29, 0.717) is 0 Å². The van der Waals surface area contributed by atoms with Crippen LogP contribution >= 0.6 is 0 Å². The first-order valence-electron chi connectivity index (χ1n) is 26.9. The highest BCUT2D eigenvalue weighted by Crippen LogP contribution is 2.55. The second kappa shape index (κ2) is 15.6. The minimum atomic E-state index is -0.209. The maximum absolute atomic E-state index is 7.77. The Hall–Kier alpha value is -6.26. The van der Waals surface area contributed by atoms with Gasteiger partial charge in [0, 0.05) is 39.0 Å². The van der Waals surface area contributed by atoms with Crippen molar-refractivity contribution in [3.8, 4) is 33.4 Å². The summed E-state index contributed by atoms with van der Waals surface area (Å²) in [5, 5.41) is 1.21. The Morgan fingerprint density at radius 1 is 0.431 bits per heavy atom. The fraction of sp³-hybridized carbons (Fsp3) is 0.353. The Labute approximate surface area is 430 Å². The quantitative estimate of drug-likeness (QED) is 0.164. The normalized spacial score (nSPS) is 18.0. The first-order chi connectivity index (χ1) is 33.9. The summed E-state index contributed by atoms with van der Waals surface area (Å²) in [5.41, 5.74) is 24.0. The van der Waals surface area contributed by atoms with Crippen molar-refractivity contribution in [1.82, 2.24) is 0 Å². The maximum Gasteiger partial charge on any atom is 0.337 e. The number of benzene rings is 7. The molecule has 0 fully saturated rings. The lowest BCUT2D eigenvalue weighted by Crippen LogP contribution is -2.61. The average molecular weight is 945 g/mol. The maximum atomic E-state index is 7.77. The third-order valence-electron chi connectivity index (χ3n) is 17.9. The predicted octanol–water partition coefficient (Wildman–Crippen LogP) is 17.8. The second-order valence-corrected chi connectivity index (χ2v) is 26.7. The van der Waals surface area contributed by atoms with E-state index in [1.54, 1.807) is 0 Å². The van der Waals surface area contributed by atoms with Crippen molar-refractivity contribution in [1.29, 1.82) is 0 Å². The van der Waals surface area contributed by atoms with E-state index in [1.807, 2.05) is 0 Å². The van der Waals surface area contributed by atoms with Gasteiger partial charge in [-0.05, 0) is 168 Å². The van der Waals surface area contributed by atoms with Gasteiger partial charge in [0.05, 0.1) is 5.69 Å². The van der Waals surface area contributed by atoms with E-state index >= 15 is 0 Å². The lowest BCUT2D eigenvalue weighted by Gasteiger charge is -2.46. The number of hydrogen-bond acceptors (Lipinski definition) is 3. The first-order valence-corrected chi connectivity index (χ1v) is 26.9. The third-order valence-corrected chi connectivity index (χ3v) is 17.9. The Balaban J connectivity index is 1.26. The molecule has 0 saturated heterocycles. The zero-order valence-electron chi connectivity index (χ0n) is 45.5. The minimum Gasteiger partial charge on any atom is -0.440 e. The summed E-state index contributed by atoms with van der Waals surface area (Å²) >= 11 is 0. The van der Waals surface area contributed by atoms with Gasteiger partial charge in [0.1, 0.15) is 5.58 Å². The SMILES string of the molecule is CC(C)(C)c1ccc(N2c3cc(C(C)(C)C)cc4c3B(c3c2oc2cc5c(cc32)C(C)(C)CCC5(C)C)N(c2ccc3c(c2)C(C)(C)CCC3(C)C)c2cc(-c3ccccc3)ccc2-4)c(-c2ccccc2)c1. The Morgan fingerprint density at radius 3 is 1.62 bits per heavy atom. The number of anilines is 5. The molecule has 2 aliphatic carbocycles. The lowest BCUT2D eigenvalue weighted by atomic mass is 9.43. The Kier molecular flexibility index (Phi) is 10.2. The van der Waals surface area contributed by atoms with Crippen LogP contribution in [0.4, 0.5) is 28.6 Å². The molecule has 3 heterocycles. The van der Waals surface area contributed by atoms with Gasteiger partial charge in [-0.25, -0.2) is 0 Å². The van der Waals surface area contributed by atoms with Crippen LogP contribution in [0.25, 0.3) is 44.3 Å². The van der Waals surface area contributed by atoms with Crippen molar-refractivity contribution in [2.24, 2.45) is 0 Å². The molecule has 0 spiro atoms. The number of fused-ring (bicyclic) bond motifs is 8. The molecule has 7 aromatic carbocycles. The van der Waals surface area contributed by atoms with Crippen molar-refractivity contribution < 1.29 is 4.42 Å². The molecule has 0 atom stereocenters. The van der Waals surface area contributed by atoms with Gasteiger partial charge < -0.3 is 9.23 Å². The molecule has 8 aromatic rings. The molecule has 12 rings (SSSR count). The van der Waals surface area contributed by atoms with Gasteiger partial charge in [0.25, 0.3) is 0 Å². The van der Waals surface area contributed by atoms with Gasteiger partial charge in [-0.1, -0.05) is 188 Å². The summed E-state index contributed by atoms with van der Waals surface area (Å²) in [6.45, 7) is 33.5. The molecule has 0 bridgehead atoms. The fourth-order valence-corrected chi connectivity index (χ4v) is 13.1. The Bertz CT molecular complexity index is 3500. The van der Waals surface area contributed by atoms with Crippen molar-refractivity contribution in [2.45, 2.75) is 155 Å². The van der Waals surface area contributed by atoms with Gasteiger partial charge in [0.15, 0.2) is 0 Å². The minimum absolute atomic E-state index is 0.00576. The van der Waals surface area contributed by atoms with Gasteiger partial charge in [-0.2, -0.15) is 0 Å². The van der Waals surface area contributed by atoms with E-state index in [1.165, 1.54) is 107 Å². The summed E-state index contributed by atoms with van der Waals surface area (Å²) in [6, 6.07) is 54.1. The summed E-state index contributed by atoms with van der Waals surface area (Å²) in [4.78, 5) is 5.28. The fourth-order valence-electron chi connectivity index (χ4n) is 13.1. The monoisotopic (exact) mass is 945 g/mol. The van der Waals surface area contributed by atoms with Crippen molar-refractivity contribution >= 4 is 57.4 Å². The van der Waals surface area contributed by atoms with E-state index in [4.69, 9.17) is 4.42 Å². The zero-order chi connectivity index (χ0) is 50.7. The summed E-state index contributed by atoms with van der Waals surface area (Å²) in [6.07, 6.45) is 4.60. The first kappa shape index (κ1) is 46.8. The van der Waals surface area contributed by atoms with Crippen molar-refractivity contribution in [3.63, 3.8) is 0 Å². The molecule has 0 radical (unpaired) electrons. The lowest BCUT2D eigenvalue weighted by molar-refractivity contribution is 0.332.